The zero-order chi connectivity index (χ0) is 20.3. The third-order valence-corrected chi connectivity index (χ3v) is 5.08. The maximum absolute atomic E-state index is 5.66. The van der Waals surface area contributed by atoms with Crippen LogP contribution in [0.2, 0.25) is 0 Å². The maximum atomic E-state index is 5.66. The van der Waals surface area contributed by atoms with Gasteiger partial charge < -0.3 is 20.1 Å². The van der Waals surface area contributed by atoms with Gasteiger partial charge in [-0.2, -0.15) is 4.98 Å². The molecule has 7 heteroatoms. The lowest BCUT2D eigenvalue weighted by atomic mass is 10.1. The topological polar surface area (TPSA) is 72.7 Å². The first kappa shape index (κ1) is 18.4. The summed E-state index contributed by atoms with van der Waals surface area (Å²) in [5, 5.41) is 11.0. The van der Waals surface area contributed by atoms with E-state index in [1.54, 1.807) is 0 Å². The van der Waals surface area contributed by atoms with Crippen LogP contribution in [-0.4, -0.2) is 41.4 Å². The molecule has 4 aromatic rings. The number of nitrogens with one attached hydrogen (secondary N) is 2. The van der Waals surface area contributed by atoms with E-state index in [9.17, 15) is 0 Å². The second kappa shape index (κ2) is 8.04. The normalized spacial score (nSPS) is 12.6. The van der Waals surface area contributed by atoms with Gasteiger partial charge in [0.25, 0.3) is 0 Å². The summed E-state index contributed by atoms with van der Waals surface area (Å²) in [5.74, 6) is 2.36. The number of pyridine rings is 1. The number of ether oxygens (including phenoxy) is 2. The van der Waals surface area contributed by atoms with Crippen molar-refractivity contribution >= 4 is 17.3 Å². The van der Waals surface area contributed by atoms with Gasteiger partial charge in [0.15, 0.2) is 5.65 Å². The van der Waals surface area contributed by atoms with Crippen molar-refractivity contribution in [2.24, 2.45) is 0 Å². The summed E-state index contributed by atoms with van der Waals surface area (Å²) in [6.07, 6.45) is 0.942. The Balaban J connectivity index is 1.38. The summed E-state index contributed by atoms with van der Waals surface area (Å²) in [7, 11) is 1.91. The molecule has 0 saturated heterocycles. The van der Waals surface area contributed by atoms with Gasteiger partial charge in [0.05, 0.1) is 12.3 Å². The second-order valence-electron chi connectivity index (χ2n) is 7.14. The Hall–Kier alpha value is -3.58. The Bertz CT molecular complexity index is 1170. The SMILES string of the molecule is CNCCOc1ccc(Nc2nc3cccc(-c4ccc5c(c4)CCO5)n3n2)cc1. The van der Waals surface area contributed by atoms with Crippen molar-refractivity contribution < 1.29 is 9.47 Å². The van der Waals surface area contributed by atoms with Crippen LogP contribution in [0.25, 0.3) is 16.9 Å². The zero-order valence-corrected chi connectivity index (χ0v) is 16.8. The molecular weight excluding hydrogens is 378 g/mol. The molecule has 1 aliphatic rings. The molecule has 0 atom stereocenters. The first-order chi connectivity index (χ1) is 14.8. The lowest BCUT2D eigenvalue weighted by Gasteiger charge is -2.07. The molecule has 3 heterocycles. The fraction of sp³-hybridized carbons (Fsp3) is 0.217. The predicted molar refractivity (Wildman–Crippen MR) is 117 cm³/mol. The number of anilines is 2. The molecule has 0 spiro atoms. The number of likely N-dealkylation sites (N-methyl/N-ethyl adjacent to an activating group) is 1. The van der Waals surface area contributed by atoms with E-state index in [0.29, 0.717) is 12.6 Å². The average Bonchev–Trinajstić information content (AvgIpc) is 3.40. The minimum atomic E-state index is 0.552. The molecule has 0 saturated carbocycles. The molecule has 1 aliphatic heterocycles. The minimum absolute atomic E-state index is 0.552. The van der Waals surface area contributed by atoms with E-state index in [0.717, 1.165) is 53.7 Å². The summed E-state index contributed by atoms with van der Waals surface area (Å²) >= 11 is 0. The standard InChI is InChI=1S/C23H23N5O2/c1-24-12-14-29-19-8-6-18(7-9-19)25-23-26-22-4-2-3-20(28(22)27-23)16-5-10-21-17(15-16)11-13-30-21/h2-10,15,24H,11-14H2,1H3,(H,25,27). The summed E-state index contributed by atoms with van der Waals surface area (Å²) < 4.78 is 13.2. The number of hydrogen-bond donors (Lipinski definition) is 2. The van der Waals surface area contributed by atoms with Crippen molar-refractivity contribution in [3.8, 4) is 22.8 Å². The number of fused-ring (bicyclic) bond motifs is 2. The molecule has 2 N–H and O–H groups in total. The van der Waals surface area contributed by atoms with E-state index in [1.165, 1.54) is 5.56 Å². The molecule has 0 bridgehead atoms. The Morgan fingerprint density at radius 1 is 1.10 bits per heavy atom. The van der Waals surface area contributed by atoms with Crippen LogP contribution in [-0.2, 0) is 6.42 Å². The van der Waals surface area contributed by atoms with Gasteiger partial charge in [-0.3, -0.25) is 0 Å². The monoisotopic (exact) mass is 401 g/mol. The van der Waals surface area contributed by atoms with Crippen molar-refractivity contribution in [1.82, 2.24) is 19.9 Å². The fourth-order valence-electron chi connectivity index (χ4n) is 3.56. The molecule has 0 radical (unpaired) electrons. The molecule has 0 amide bonds. The van der Waals surface area contributed by atoms with E-state index in [-0.39, 0.29) is 0 Å². The van der Waals surface area contributed by atoms with Gasteiger partial charge in [0.1, 0.15) is 18.1 Å². The van der Waals surface area contributed by atoms with E-state index in [4.69, 9.17) is 9.47 Å². The highest BCUT2D eigenvalue weighted by Gasteiger charge is 2.15. The third kappa shape index (κ3) is 3.67. The van der Waals surface area contributed by atoms with Gasteiger partial charge in [-0.1, -0.05) is 6.07 Å². The molecule has 2 aromatic heterocycles. The molecule has 152 valence electrons. The fourth-order valence-corrected chi connectivity index (χ4v) is 3.56. The van der Waals surface area contributed by atoms with Crippen LogP contribution in [0, 0.1) is 0 Å². The molecular formula is C23H23N5O2. The largest absolute Gasteiger partial charge is 0.493 e. The molecule has 0 fully saturated rings. The van der Waals surface area contributed by atoms with Crippen molar-refractivity contribution in [2.75, 3.05) is 32.1 Å². The van der Waals surface area contributed by atoms with E-state index >= 15 is 0 Å². The summed E-state index contributed by atoms with van der Waals surface area (Å²) in [4.78, 5) is 4.63. The molecule has 2 aromatic carbocycles. The third-order valence-electron chi connectivity index (χ3n) is 5.08. The van der Waals surface area contributed by atoms with Gasteiger partial charge in [0.2, 0.25) is 5.95 Å². The molecule has 5 rings (SSSR count). The number of nitrogens with zero attached hydrogens (tertiary/aromatic N) is 3. The smallest absolute Gasteiger partial charge is 0.247 e. The number of hydrogen-bond acceptors (Lipinski definition) is 6. The van der Waals surface area contributed by atoms with Crippen molar-refractivity contribution in [3.63, 3.8) is 0 Å². The average molecular weight is 401 g/mol. The number of benzene rings is 2. The van der Waals surface area contributed by atoms with Crippen molar-refractivity contribution in [3.05, 3.63) is 66.2 Å². The molecule has 0 unspecified atom stereocenters. The lowest BCUT2D eigenvalue weighted by molar-refractivity contribution is 0.318. The van der Waals surface area contributed by atoms with Crippen molar-refractivity contribution in [1.29, 1.82) is 0 Å². The second-order valence-corrected chi connectivity index (χ2v) is 7.14. The predicted octanol–water partition coefficient (Wildman–Crippen LogP) is 3.67. The van der Waals surface area contributed by atoms with E-state index < -0.39 is 0 Å². The minimum Gasteiger partial charge on any atom is -0.493 e. The Labute approximate surface area is 174 Å². The first-order valence-corrected chi connectivity index (χ1v) is 10.1. The van der Waals surface area contributed by atoms with Gasteiger partial charge >= 0.3 is 0 Å². The Morgan fingerprint density at radius 2 is 2.00 bits per heavy atom. The van der Waals surface area contributed by atoms with Gasteiger partial charge in [0, 0.05) is 24.2 Å². The van der Waals surface area contributed by atoms with E-state index in [1.807, 2.05) is 54.0 Å². The van der Waals surface area contributed by atoms with Gasteiger partial charge in [-0.15, -0.1) is 5.10 Å². The quantitative estimate of drug-likeness (QED) is 0.461. The van der Waals surface area contributed by atoms with Crippen LogP contribution in [0.1, 0.15) is 5.56 Å². The highest BCUT2D eigenvalue weighted by molar-refractivity contribution is 5.67. The summed E-state index contributed by atoms with van der Waals surface area (Å²) in [6, 6.07) is 20.1. The summed E-state index contributed by atoms with van der Waals surface area (Å²) in [5.41, 5.74) is 5.03. The van der Waals surface area contributed by atoms with Gasteiger partial charge in [-0.05, 0) is 67.2 Å². The number of aromatic nitrogens is 3. The zero-order valence-electron chi connectivity index (χ0n) is 16.8. The van der Waals surface area contributed by atoms with Crippen molar-refractivity contribution in [2.45, 2.75) is 6.42 Å². The van der Waals surface area contributed by atoms with Crippen LogP contribution in [0.3, 0.4) is 0 Å². The number of rotatable bonds is 7. The van der Waals surface area contributed by atoms with Gasteiger partial charge in [-0.25, -0.2) is 4.52 Å². The van der Waals surface area contributed by atoms with Crippen LogP contribution >= 0.6 is 0 Å². The molecule has 7 nitrogen and oxygen atoms in total. The van der Waals surface area contributed by atoms with Crippen LogP contribution in [0.4, 0.5) is 11.6 Å². The van der Waals surface area contributed by atoms with Crippen LogP contribution in [0.15, 0.2) is 60.7 Å². The van der Waals surface area contributed by atoms with Crippen LogP contribution < -0.4 is 20.1 Å². The Morgan fingerprint density at radius 3 is 2.87 bits per heavy atom. The first-order valence-electron chi connectivity index (χ1n) is 10.1. The highest BCUT2D eigenvalue weighted by atomic mass is 16.5. The maximum Gasteiger partial charge on any atom is 0.247 e. The molecule has 30 heavy (non-hydrogen) atoms. The Kier molecular flexibility index (Phi) is 4.94. The van der Waals surface area contributed by atoms with Crippen LogP contribution in [0.5, 0.6) is 11.5 Å². The lowest BCUT2D eigenvalue weighted by Crippen LogP contribution is -2.15. The highest BCUT2D eigenvalue weighted by Crippen LogP contribution is 2.31. The van der Waals surface area contributed by atoms with E-state index in [2.05, 4.69) is 38.9 Å². The summed E-state index contributed by atoms with van der Waals surface area (Å²) in [6.45, 7) is 2.19. The molecule has 0 aliphatic carbocycles.